The molecule has 80 valence electrons. The molecule has 0 atom stereocenters. The monoisotopic (exact) mass is 288 g/mol. The highest BCUT2D eigenvalue weighted by atomic mass is 79.9. The molecule has 0 aromatic heterocycles. The van der Waals surface area contributed by atoms with E-state index in [2.05, 4.69) is 15.9 Å². The molecule has 0 amide bonds. The van der Waals surface area contributed by atoms with Crippen LogP contribution in [0.1, 0.15) is 11.1 Å². The van der Waals surface area contributed by atoms with Gasteiger partial charge in [-0.2, -0.15) is 0 Å². The van der Waals surface area contributed by atoms with E-state index < -0.39 is 4.92 Å². The minimum atomic E-state index is -0.429. The van der Waals surface area contributed by atoms with Crippen LogP contribution < -0.4 is 5.73 Å². The first-order valence-electron chi connectivity index (χ1n) is 4.13. The first-order chi connectivity index (χ1) is 6.91. The molecule has 4 nitrogen and oxygen atoms in total. The van der Waals surface area contributed by atoms with Gasteiger partial charge in [0.1, 0.15) is 0 Å². The van der Waals surface area contributed by atoms with Gasteiger partial charge >= 0.3 is 0 Å². The van der Waals surface area contributed by atoms with Crippen LogP contribution in [0.4, 0.5) is 5.69 Å². The van der Waals surface area contributed by atoms with Crippen molar-refractivity contribution in [3.05, 3.63) is 37.8 Å². The smallest absolute Gasteiger partial charge is 0.283 e. The molecule has 1 aromatic carbocycles. The van der Waals surface area contributed by atoms with Gasteiger partial charge in [0.25, 0.3) is 5.69 Å². The molecule has 0 unspecified atom stereocenters. The summed E-state index contributed by atoms with van der Waals surface area (Å²) in [5.74, 6) is 0. The summed E-state index contributed by atoms with van der Waals surface area (Å²) < 4.78 is 0.448. The Hall–Kier alpha value is -1.01. The average molecular weight is 289 g/mol. The van der Waals surface area contributed by atoms with E-state index in [0.29, 0.717) is 15.9 Å². The zero-order chi connectivity index (χ0) is 11.6. The second-order valence-electron chi connectivity index (χ2n) is 3.13. The highest BCUT2D eigenvalue weighted by Gasteiger charge is 2.14. The lowest BCUT2D eigenvalue weighted by atomic mass is 10.1. The van der Waals surface area contributed by atoms with Crippen molar-refractivity contribution in [1.29, 1.82) is 0 Å². The Labute approximate surface area is 101 Å². The summed E-state index contributed by atoms with van der Waals surface area (Å²) in [5.41, 5.74) is 7.20. The number of rotatable bonds is 3. The molecule has 2 N–H and O–H groups in total. The van der Waals surface area contributed by atoms with E-state index in [9.17, 15) is 10.1 Å². The molecule has 0 radical (unpaired) electrons. The Morgan fingerprint density at radius 3 is 2.73 bits per heavy atom. The van der Waals surface area contributed by atoms with E-state index in [-0.39, 0.29) is 5.69 Å². The number of aryl methyl sites for hydroxylation is 1. The number of thiocarbonyl (C=S) groups is 1. The lowest BCUT2D eigenvalue weighted by Crippen LogP contribution is -2.12. The molecule has 0 saturated carbocycles. The van der Waals surface area contributed by atoms with Crippen LogP contribution in [0.2, 0.25) is 0 Å². The molecule has 1 rings (SSSR count). The second kappa shape index (κ2) is 4.67. The summed E-state index contributed by atoms with van der Waals surface area (Å²) in [6, 6.07) is 3.20. The first kappa shape index (κ1) is 12.1. The van der Waals surface area contributed by atoms with Gasteiger partial charge in [0, 0.05) is 12.5 Å². The lowest BCUT2D eigenvalue weighted by molar-refractivity contribution is -0.385. The fraction of sp³-hybridized carbons (Fsp3) is 0.222. The third kappa shape index (κ3) is 2.97. The van der Waals surface area contributed by atoms with Crippen molar-refractivity contribution in [3.63, 3.8) is 0 Å². The summed E-state index contributed by atoms with van der Waals surface area (Å²) in [5, 5.41) is 10.6. The van der Waals surface area contributed by atoms with Crippen molar-refractivity contribution in [1.82, 2.24) is 0 Å². The Balaban J connectivity index is 3.19. The molecular formula is C9H9BrN2O2S. The number of nitrogens with two attached hydrogens (primary N) is 1. The predicted molar refractivity (Wildman–Crippen MR) is 66.0 cm³/mol. The zero-order valence-electron chi connectivity index (χ0n) is 7.99. The molecule has 0 bridgehead atoms. The second-order valence-corrected chi connectivity index (χ2v) is 4.51. The third-order valence-electron chi connectivity index (χ3n) is 1.97. The van der Waals surface area contributed by atoms with Gasteiger partial charge in [-0.25, -0.2) is 0 Å². The van der Waals surface area contributed by atoms with Crippen molar-refractivity contribution in [2.45, 2.75) is 13.3 Å². The Bertz CT molecular complexity index is 434. The molecule has 15 heavy (non-hydrogen) atoms. The van der Waals surface area contributed by atoms with Crippen molar-refractivity contribution >= 4 is 38.8 Å². The molecule has 0 aliphatic rings. The van der Waals surface area contributed by atoms with Gasteiger partial charge in [-0.15, -0.1) is 0 Å². The maximum Gasteiger partial charge on any atom is 0.283 e. The summed E-state index contributed by atoms with van der Waals surface area (Å²) in [6.45, 7) is 1.80. The minimum Gasteiger partial charge on any atom is -0.393 e. The van der Waals surface area contributed by atoms with E-state index in [1.807, 2.05) is 0 Å². The van der Waals surface area contributed by atoms with E-state index in [1.165, 1.54) is 6.07 Å². The van der Waals surface area contributed by atoms with Crippen molar-refractivity contribution < 1.29 is 4.92 Å². The van der Waals surface area contributed by atoms with E-state index in [4.69, 9.17) is 18.0 Å². The quantitative estimate of drug-likeness (QED) is 0.527. The summed E-state index contributed by atoms with van der Waals surface area (Å²) >= 11 is 7.94. The third-order valence-corrected chi connectivity index (χ3v) is 2.75. The van der Waals surface area contributed by atoms with Gasteiger partial charge in [0.05, 0.1) is 14.4 Å². The van der Waals surface area contributed by atoms with Crippen LogP contribution in [0.15, 0.2) is 16.6 Å². The van der Waals surface area contributed by atoms with Crippen LogP contribution in [-0.2, 0) is 6.42 Å². The fourth-order valence-electron chi connectivity index (χ4n) is 1.23. The fourth-order valence-corrected chi connectivity index (χ4v) is 1.92. The van der Waals surface area contributed by atoms with Gasteiger partial charge in [-0.1, -0.05) is 12.2 Å². The molecule has 0 spiro atoms. The lowest BCUT2D eigenvalue weighted by Gasteiger charge is -2.05. The number of nitro groups is 1. The van der Waals surface area contributed by atoms with Gasteiger partial charge in [-0.05, 0) is 40.0 Å². The summed E-state index contributed by atoms with van der Waals surface area (Å²) in [6.07, 6.45) is 0.456. The maximum absolute atomic E-state index is 10.6. The highest BCUT2D eigenvalue weighted by Crippen LogP contribution is 2.28. The van der Waals surface area contributed by atoms with Crippen LogP contribution in [0.5, 0.6) is 0 Å². The number of hydrogen-bond acceptors (Lipinski definition) is 3. The number of nitrogens with zero attached hydrogens (tertiary/aromatic N) is 1. The highest BCUT2D eigenvalue weighted by molar-refractivity contribution is 9.10. The normalized spacial score (nSPS) is 10.0. The topological polar surface area (TPSA) is 69.2 Å². The standard InChI is InChI=1S/C9H9BrN2O2S/c1-5-2-8(12(13)14)7(10)3-6(5)4-9(11)15/h2-3H,4H2,1H3,(H2,11,15). The van der Waals surface area contributed by atoms with Crippen molar-refractivity contribution in [2.75, 3.05) is 0 Å². The van der Waals surface area contributed by atoms with Crippen LogP contribution in [0.3, 0.4) is 0 Å². The van der Waals surface area contributed by atoms with Crippen molar-refractivity contribution in [3.8, 4) is 0 Å². The molecule has 0 aliphatic heterocycles. The molecule has 0 aliphatic carbocycles. The zero-order valence-corrected chi connectivity index (χ0v) is 10.4. The summed E-state index contributed by atoms with van der Waals surface area (Å²) in [7, 11) is 0. The molecule has 0 heterocycles. The van der Waals surface area contributed by atoms with Crippen LogP contribution in [0, 0.1) is 17.0 Å². The van der Waals surface area contributed by atoms with Gasteiger partial charge in [0.2, 0.25) is 0 Å². The average Bonchev–Trinajstić information content (AvgIpc) is 2.09. The van der Waals surface area contributed by atoms with Gasteiger partial charge < -0.3 is 5.73 Å². The van der Waals surface area contributed by atoms with Gasteiger partial charge in [-0.3, -0.25) is 10.1 Å². The Kier molecular flexibility index (Phi) is 3.76. The van der Waals surface area contributed by atoms with Crippen LogP contribution in [0.25, 0.3) is 0 Å². The van der Waals surface area contributed by atoms with E-state index >= 15 is 0 Å². The van der Waals surface area contributed by atoms with Crippen molar-refractivity contribution in [2.24, 2.45) is 5.73 Å². The Morgan fingerprint density at radius 1 is 1.67 bits per heavy atom. The predicted octanol–water partition coefficient (Wildman–Crippen LogP) is 2.49. The molecule has 0 fully saturated rings. The minimum absolute atomic E-state index is 0.0548. The molecule has 1 aromatic rings. The van der Waals surface area contributed by atoms with Crippen LogP contribution >= 0.6 is 28.1 Å². The first-order valence-corrected chi connectivity index (χ1v) is 5.33. The van der Waals surface area contributed by atoms with E-state index in [0.717, 1.165) is 11.1 Å². The largest absolute Gasteiger partial charge is 0.393 e. The number of halogens is 1. The SMILES string of the molecule is Cc1cc([N+](=O)[O-])c(Br)cc1CC(N)=S. The van der Waals surface area contributed by atoms with Crippen LogP contribution in [-0.4, -0.2) is 9.91 Å². The Morgan fingerprint density at radius 2 is 2.27 bits per heavy atom. The molecular weight excluding hydrogens is 280 g/mol. The van der Waals surface area contributed by atoms with E-state index in [1.54, 1.807) is 13.0 Å². The molecule has 6 heteroatoms. The van der Waals surface area contributed by atoms with Gasteiger partial charge in [0.15, 0.2) is 0 Å². The molecule has 0 saturated heterocycles. The summed E-state index contributed by atoms with van der Waals surface area (Å²) in [4.78, 5) is 10.6. The number of benzene rings is 1. The number of hydrogen-bond donors (Lipinski definition) is 1. The number of nitro benzene ring substituents is 1. The maximum atomic E-state index is 10.6.